The van der Waals surface area contributed by atoms with Crippen molar-refractivity contribution in [2.45, 2.75) is 39.5 Å². The van der Waals surface area contributed by atoms with Gasteiger partial charge in [0.2, 0.25) is 5.91 Å². The van der Waals surface area contributed by atoms with Crippen LogP contribution in [0.5, 0.6) is 0 Å². The molecule has 0 aromatic rings. The fourth-order valence-corrected chi connectivity index (χ4v) is 2.04. The predicted octanol–water partition coefficient (Wildman–Crippen LogP) is 2.06. The molecule has 1 heterocycles. The van der Waals surface area contributed by atoms with Crippen LogP contribution in [-0.4, -0.2) is 37.5 Å². The molecule has 0 aromatic heterocycles. The largest absolute Gasteiger partial charge is 0.343 e. The first-order valence-corrected chi connectivity index (χ1v) is 6.04. The Labute approximate surface area is 105 Å². The van der Waals surface area contributed by atoms with E-state index in [2.05, 4.69) is 19.2 Å². The van der Waals surface area contributed by atoms with Crippen molar-refractivity contribution in [1.82, 2.24) is 10.2 Å². The minimum atomic E-state index is 0. The number of nitrogens with one attached hydrogen (secondary N) is 1. The van der Waals surface area contributed by atoms with Crippen LogP contribution in [0.15, 0.2) is 0 Å². The van der Waals surface area contributed by atoms with Gasteiger partial charge in [-0.3, -0.25) is 4.79 Å². The van der Waals surface area contributed by atoms with Gasteiger partial charge in [-0.2, -0.15) is 0 Å². The first-order valence-electron chi connectivity index (χ1n) is 6.04. The molecule has 1 aliphatic rings. The van der Waals surface area contributed by atoms with E-state index in [4.69, 9.17) is 0 Å². The second-order valence-corrected chi connectivity index (χ2v) is 4.90. The highest BCUT2D eigenvalue weighted by Gasteiger charge is 2.29. The summed E-state index contributed by atoms with van der Waals surface area (Å²) in [4.78, 5) is 13.8. The molecule has 1 N–H and O–H groups in total. The lowest BCUT2D eigenvalue weighted by molar-refractivity contribution is -0.133. The Hall–Kier alpha value is -0.280. The van der Waals surface area contributed by atoms with E-state index in [1.165, 1.54) is 6.42 Å². The minimum Gasteiger partial charge on any atom is -0.343 e. The average molecular weight is 249 g/mol. The first-order chi connectivity index (χ1) is 7.11. The number of amides is 1. The zero-order chi connectivity index (χ0) is 11.3. The highest BCUT2D eigenvalue weighted by molar-refractivity contribution is 5.85. The van der Waals surface area contributed by atoms with Gasteiger partial charge >= 0.3 is 0 Å². The molecule has 0 atom stereocenters. The fraction of sp³-hybridized carbons (Fsp3) is 0.917. The van der Waals surface area contributed by atoms with E-state index in [0.29, 0.717) is 17.7 Å². The summed E-state index contributed by atoms with van der Waals surface area (Å²) in [7, 11) is 1.89. The smallest absolute Gasteiger partial charge is 0.223 e. The van der Waals surface area contributed by atoms with E-state index in [1.807, 2.05) is 11.9 Å². The molecule has 0 aliphatic carbocycles. The minimum absolute atomic E-state index is 0. The SMILES string of the molecule is CCC1(C)CCN(C(=O)CCNC)CC1.Cl. The van der Waals surface area contributed by atoms with E-state index in [9.17, 15) is 4.79 Å². The van der Waals surface area contributed by atoms with Crippen LogP contribution in [0.25, 0.3) is 0 Å². The number of carbonyl (C=O) groups is 1. The zero-order valence-electron chi connectivity index (χ0n) is 10.7. The Morgan fingerprint density at radius 3 is 2.38 bits per heavy atom. The molecule has 96 valence electrons. The van der Waals surface area contributed by atoms with Crippen molar-refractivity contribution in [2.24, 2.45) is 5.41 Å². The highest BCUT2D eigenvalue weighted by Crippen LogP contribution is 2.33. The highest BCUT2D eigenvalue weighted by atomic mass is 35.5. The normalized spacial score (nSPS) is 19.1. The Morgan fingerprint density at radius 2 is 1.94 bits per heavy atom. The fourth-order valence-electron chi connectivity index (χ4n) is 2.04. The standard InChI is InChI=1S/C12H24N2O.ClH/c1-4-12(2)6-9-14(10-7-12)11(15)5-8-13-3;/h13H,4-10H2,1-3H3;1H. The van der Waals surface area contributed by atoms with Gasteiger partial charge in [-0.05, 0) is 25.3 Å². The van der Waals surface area contributed by atoms with Crippen molar-refractivity contribution >= 4 is 18.3 Å². The van der Waals surface area contributed by atoms with Gasteiger partial charge in [-0.1, -0.05) is 20.3 Å². The van der Waals surface area contributed by atoms with Crippen LogP contribution in [-0.2, 0) is 4.79 Å². The van der Waals surface area contributed by atoms with Gasteiger partial charge < -0.3 is 10.2 Å². The van der Waals surface area contributed by atoms with Crippen molar-refractivity contribution in [1.29, 1.82) is 0 Å². The summed E-state index contributed by atoms with van der Waals surface area (Å²) >= 11 is 0. The van der Waals surface area contributed by atoms with E-state index in [-0.39, 0.29) is 12.4 Å². The molecule has 16 heavy (non-hydrogen) atoms. The first kappa shape index (κ1) is 15.7. The summed E-state index contributed by atoms with van der Waals surface area (Å²) in [5.74, 6) is 0.308. The number of halogens is 1. The van der Waals surface area contributed by atoms with Gasteiger partial charge in [-0.15, -0.1) is 12.4 Å². The average Bonchev–Trinajstić information content (AvgIpc) is 2.27. The van der Waals surface area contributed by atoms with Gasteiger partial charge in [0.1, 0.15) is 0 Å². The molecule has 1 aliphatic heterocycles. The lowest BCUT2D eigenvalue weighted by Gasteiger charge is -2.39. The zero-order valence-corrected chi connectivity index (χ0v) is 11.5. The van der Waals surface area contributed by atoms with Crippen molar-refractivity contribution in [3.8, 4) is 0 Å². The van der Waals surface area contributed by atoms with Gasteiger partial charge in [0.05, 0.1) is 0 Å². The molecule has 0 radical (unpaired) electrons. The maximum atomic E-state index is 11.7. The summed E-state index contributed by atoms with van der Waals surface area (Å²) in [6.45, 7) is 7.28. The Morgan fingerprint density at radius 1 is 1.38 bits per heavy atom. The predicted molar refractivity (Wildman–Crippen MR) is 70.0 cm³/mol. The van der Waals surface area contributed by atoms with Crippen LogP contribution >= 0.6 is 12.4 Å². The van der Waals surface area contributed by atoms with Crippen molar-refractivity contribution in [3.05, 3.63) is 0 Å². The van der Waals surface area contributed by atoms with Crippen molar-refractivity contribution < 1.29 is 4.79 Å². The molecular formula is C12H25ClN2O. The monoisotopic (exact) mass is 248 g/mol. The quantitative estimate of drug-likeness (QED) is 0.826. The van der Waals surface area contributed by atoms with Crippen LogP contribution in [0.3, 0.4) is 0 Å². The van der Waals surface area contributed by atoms with E-state index in [0.717, 1.165) is 32.5 Å². The van der Waals surface area contributed by atoms with E-state index in [1.54, 1.807) is 0 Å². The molecule has 0 spiro atoms. The summed E-state index contributed by atoms with van der Waals surface area (Å²) in [5.41, 5.74) is 0.472. The van der Waals surface area contributed by atoms with Crippen LogP contribution < -0.4 is 5.32 Å². The van der Waals surface area contributed by atoms with Gasteiger partial charge in [0.25, 0.3) is 0 Å². The number of piperidine rings is 1. The van der Waals surface area contributed by atoms with Crippen LogP contribution in [0.2, 0.25) is 0 Å². The number of carbonyl (C=O) groups excluding carboxylic acids is 1. The molecule has 1 rings (SSSR count). The van der Waals surface area contributed by atoms with Crippen LogP contribution in [0, 0.1) is 5.41 Å². The lowest BCUT2D eigenvalue weighted by Crippen LogP contribution is -2.42. The Kier molecular flexibility index (Phi) is 7.00. The van der Waals surface area contributed by atoms with Crippen LogP contribution in [0.4, 0.5) is 0 Å². The molecule has 0 aromatic carbocycles. The molecular weight excluding hydrogens is 224 g/mol. The second kappa shape index (κ2) is 7.13. The summed E-state index contributed by atoms with van der Waals surface area (Å²) in [5, 5.41) is 3.02. The van der Waals surface area contributed by atoms with E-state index < -0.39 is 0 Å². The van der Waals surface area contributed by atoms with E-state index >= 15 is 0 Å². The third-order valence-corrected chi connectivity index (χ3v) is 3.77. The van der Waals surface area contributed by atoms with Crippen molar-refractivity contribution in [3.63, 3.8) is 0 Å². The van der Waals surface area contributed by atoms with Crippen LogP contribution in [0.1, 0.15) is 39.5 Å². The van der Waals surface area contributed by atoms with Gasteiger partial charge in [-0.25, -0.2) is 0 Å². The summed E-state index contributed by atoms with van der Waals surface area (Å²) in [6.07, 6.45) is 4.19. The Bertz CT molecular complexity index is 213. The number of hydrogen-bond acceptors (Lipinski definition) is 2. The molecule has 0 unspecified atom stereocenters. The Balaban J connectivity index is 0.00000225. The summed E-state index contributed by atoms with van der Waals surface area (Å²) < 4.78 is 0. The maximum absolute atomic E-state index is 11.7. The van der Waals surface area contributed by atoms with Gasteiger partial charge in [0, 0.05) is 26.1 Å². The van der Waals surface area contributed by atoms with Gasteiger partial charge in [0.15, 0.2) is 0 Å². The topological polar surface area (TPSA) is 32.3 Å². The molecule has 0 saturated carbocycles. The summed E-state index contributed by atoms with van der Waals surface area (Å²) in [6, 6.07) is 0. The molecule has 4 heteroatoms. The third kappa shape index (κ3) is 4.30. The third-order valence-electron chi connectivity index (χ3n) is 3.77. The number of nitrogens with zero attached hydrogens (tertiary/aromatic N) is 1. The number of likely N-dealkylation sites (tertiary alicyclic amines) is 1. The van der Waals surface area contributed by atoms with Crippen molar-refractivity contribution in [2.75, 3.05) is 26.7 Å². The lowest BCUT2D eigenvalue weighted by atomic mass is 9.78. The maximum Gasteiger partial charge on any atom is 0.223 e. The second-order valence-electron chi connectivity index (χ2n) is 4.90. The number of hydrogen-bond donors (Lipinski definition) is 1. The molecule has 1 fully saturated rings. The molecule has 1 saturated heterocycles. The molecule has 1 amide bonds. The molecule has 0 bridgehead atoms. The molecule has 3 nitrogen and oxygen atoms in total. The number of rotatable bonds is 4.